The van der Waals surface area contributed by atoms with Crippen molar-refractivity contribution < 1.29 is 9.90 Å². The maximum atomic E-state index is 12.0. The van der Waals surface area contributed by atoms with Crippen LogP contribution in [-0.4, -0.2) is 27.5 Å². The van der Waals surface area contributed by atoms with Crippen LogP contribution in [0.1, 0.15) is 32.9 Å². The van der Waals surface area contributed by atoms with E-state index in [0.29, 0.717) is 26.3 Å². The SMILES string of the molecule is Cc1ncc(C(=O)NCC(O)c2ccc(Cl)s2)c(C)n1. The lowest BCUT2D eigenvalue weighted by Gasteiger charge is -2.11. The number of carbonyl (C=O) groups is 1. The van der Waals surface area contributed by atoms with E-state index in [2.05, 4.69) is 15.3 Å². The number of thiophene rings is 1. The number of carbonyl (C=O) groups excluding carboxylic acids is 1. The van der Waals surface area contributed by atoms with Gasteiger partial charge in [-0.25, -0.2) is 9.97 Å². The molecule has 0 saturated heterocycles. The molecule has 0 aromatic carbocycles. The van der Waals surface area contributed by atoms with Gasteiger partial charge in [-0.3, -0.25) is 4.79 Å². The van der Waals surface area contributed by atoms with Crippen LogP contribution in [-0.2, 0) is 0 Å². The third-order valence-electron chi connectivity index (χ3n) is 2.72. The molecule has 0 saturated carbocycles. The molecule has 0 radical (unpaired) electrons. The lowest BCUT2D eigenvalue weighted by atomic mass is 10.2. The molecule has 7 heteroatoms. The highest BCUT2D eigenvalue weighted by Gasteiger charge is 2.14. The number of aliphatic hydroxyl groups is 1. The van der Waals surface area contributed by atoms with E-state index >= 15 is 0 Å². The van der Waals surface area contributed by atoms with Crippen LogP contribution in [0.3, 0.4) is 0 Å². The summed E-state index contributed by atoms with van der Waals surface area (Å²) in [5, 5.41) is 12.6. The first-order chi connectivity index (χ1) is 9.47. The Labute approximate surface area is 125 Å². The third-order valence-corrected chi connectivity index (χ3v) is 4.06. The highest BCUT2D eigenvalue weighted by atomic mass is 35.5. The maximum Gasteiger partial charge on any atom is 0.254 e. The minimum Gasteiger partial charge on any atom is -0.386 e. The van der Waals surface area contributed by atoms with Crippen molar-refractivity contribution in [1.29, 1.82) is 0 Å². The van der Waals surface area contributed by atoms with Gasteiger partial charge in [0.1, 0.15) is 11.9 Å². The second-order valence-electron chi connectivity index (χ2n) is 4.28. The topological polar surface area (TPSA) is 75.1 Å². The van der Waals surface area contributed by atoms with E-state index in [4.69, 9.17) is 11.6 Å². The van der Waals surface area contributed by atoms with Crippen molar-refractivity contribution in [2.45, 2.75) is 20.0 Å². The molecule has 1 amide bonds. The van der Waals surface area contributed by atoms with Gasteiger partial charge in [0.25, 0.3) is 5.91 Å². The minimum atomic E-state index is -0.775. The zero-order valence-corrected chi connectivity index (χ0v) is 12.6. The van der Waals surface area contributed by atoms with Gasteiger partial charge in [-0.1, -0.05) is 11.6 Å². The van der Waals surface area contributed by atoms with E-state index in [9.17, 15) is 9.90 Å². The first-order valence-corrected chi connectivity index (χ1v) is 7.18. The Balaban J connectivity index is 1.98. The van der Waals surface area contributed by atoms with Crippen molar-refractivity contribution in [3.8, 4) is 0 Å². The van der Waals surface area contributed by atoms with E-state index in [1.54, 1.807) is 26.0 Å². The maximum absolute atomic E-state index is 12.0. The number of halogens is 1. The molecule has 2 heterocycles. The molecule has 0 aliphatic rings. The summed E-state index contributed by atoms with van der Waals surface area (Å²) in [6.07, 6.45) is 0.713. The molecule has 5 nitrogen and oxygen atoms in total. The summed E-state index contributed by atoms with van der Waals surface area (Å²) >= 11 is 7.09. The molecule has 106 valence electrons. The van der Waals surface area contributed by atoms with Gasteiger partial charge in [-0.05, 0) is 26.0 Å². The predicted octanol–water partition coefficient (Wildman–Crippen LogP) is 2.27. The molecule has 1 atom stereocenters. The largest absolute Gasteiger partial charge is 0.386 e. The van der Waals surface area contributed by atoms with Crippen LogP contribution in [0, 0.1) is 13.8 Å². The zero-order valence-electron chi connectivity index (χ0n) is 11.1. The predicted molar refractivity (Wildman–Crippen MR) is 78.1 cm³/mol. The summed E-state index contributed by atoms with van der Waals surface area (Å²) in [4.78, 5) is 20.8. The fraction of sp³-hybridized carbons (Fsp3) is 0.308. The Morgan fingerprint density at radius 1 is 1.50 bits per heavy atom. The van der Waals surface area contributed by atoms with E-state index in [0.717, 1.165) is 0 Å². The Bertz CT molecular complexity index is 630. The molecule has 0 spiro atoms. The summed E-state index contributed by atoms with van der Waals surface area (Å²) in [5.41, 5.74) is 1.02. The normalized spacial score (nSPS) is 12.2. The number of amides is 1. The Hall–Kier alpha value is -1.50. The van der Waals surface area contributed by atoms with Crippen molar-refractivity contribution >= 4 is 28.8 Å². The fourth-order valence-electron chi connectivity index (χ4n) is 1.70. The Morgan fingerprint density at radius 3 is 2.85 bits per heavy atom. The molecular weight excluding hydrogens is 298 g/mol. The Kier molecular flexibility index (Phi) is 4.69. The van der Waals surface area contributed by atoms with Crippen LogP contribution in [0.15, 0.2) is 18.3 Å². The number of nitrogens with zero attached hydrogens (tertiary/aromatic N) is 2. The van der Waals surface area contributed by atoms with Crippen molar-refractivity contribution in [2.24, 2.45) is 0 Å². The average molecular weight is 312 g/mol. The van der Waals surface area contributed by atoms with E-state index in [-0.39, 0.29) is 12.5 Å². The molecule has 0 fully saturated rings. The molecule has 2 aromatic heterocycles. The van der Waals surface area contributed by atoms with E-state index in [1.807, 2.05) is 0 Å². The summed E-state index contributed by atoms with van der Waals surface area (Å²) in [6, 6.07) is 3.45. The van der Waals surface area contributed by atoms with Gasteiger partial charge in [0.2, 0.25) is 0 Å². The first kappa shape index (κ1) is 14.9. The minimum absolute atomic E-state index is 0.114. The molecule has 1 unspecified atom stereocenters. The van der Waals surface area contributed by atoms with Crippen LogP contribution >= 0.6 is 22.9 Å². The van der Waals surface area contributed by atoms with Crippen LogP contribution in [0.4, 0.5) is 0 Å². The van der Waals surface area contributed by atoms with Crippen LogP contribution in [0.2, 0.25) is 4.34 Å². The van der Waals surface area contributed by atoms with Gasteiger partial charge >= 0.3 is 0 Å². The molecule has 2 aromatic rings. The number of aryl methyl sites for hydroxylation is 2. The van der Waals surface area contributed by atoms with E-state index < -0.39 is 6.10 Å². The monoisotopic (exact) mass is 311 g/mol. The number of aromatic nitrogens is 2. The molecule has 0 aliphatic heterocycles. The van der Waals surface area contributed by atoms with Crippen molar-refractivity contribution in [1.82, 2.24) is 15.3 Å². The number of rotatable bonds is 4. The molecule has 2 rings (SSSR count). The molecule has 2 N–H and O–H groups in total. The van der Waals surface area contributed by atoms with Crippen LogP contribution < -0.4 is 5.32 Å². The highest BCUT2D eigenvalue weighted by molar-refractivity contribution is 7.16. The summed E-state index contributed by atoms with van der Waals surface area (Å²) in [5.74, 6) is 0.316. The highest BCUT2D eigenvalue weighted by Crippen LogP contribution is 2.26. The van der Waals surface area contributed by atoms with Gasteiger partial charge < -0.3 is 10.4 Å². The average Bonchev–Trinajstić information content (AvgIpc) is 2.82. The van der Waals surface area contributed by atoms with Gasteiger partial charge in [-0.15, -0.1) is 11.3 Å². The fourth-order valence-corrected chi connectivity index (χ4v) is 2.75. The lowest BCUT2D eigenvalue weighted by Crippen LogP contribution is -2.29. The smallest absolute Gasteiger partial charge is 0.254 e. The summed E-state index contributed by atoms with van der Waals surface area (Å²) in [7, 11) is 0. The summed E-state index contributed by atoms with van der Waals surface area (Å²) in [6.45, 7) is 3.63. The van der Waals surface area contributed by atoms with Gasteiger partial charge in [-0.2, -0.15) is 0 Å². The van der Waals surface area contributed by atoms with Crippen LogP contribution in [0.25, 0.3) is 0 Å². The van der Waals surface area contributed by atoms with Gasteiger partial charge in [0.15, 0.2) is 0 Å². The number of nitrogens with one attached hydrogen (secondary N) is 1. The number of hydrogen-bond acceptors (Lipinski definition) is 5. The first-order valence-electron chi connectivity index (χ1n) is 5.99. The third kappa shape index (κ3) is 3.53. The second-order valence-corrected chi connectivity index (χ2v) is 6.03. The quantitative estimate of drug-likeness (QED) is 0.908. The number of hydrogen-bond donors (Lipinski definition) is 2. The summed E-state index contributed by atoms with van der Waals surface area (Å²) < 4.78 is 0.605. The van der Waals surface area contributed by atoms with Gasteiger partial charge in [0, 0.05) is 17.6 Å². The Morgan fingerprint density at radius 2 is 2.25 bits per heavy atom. The van der Waals surface area contributed by atoms with Crippen LogP contribution in [0.5, 0.6) is 0 Å². The van der Waals surface area contributed by atoms with Crippen molar-refractivity contribution in [3.05, 3.63) is 44.6 Å². The molecule has 20 heavy (non-hydrogen) atoms. The lowest BCUT2D eigenvalue weighted by molar-refractivity contribution is 0.0916. The molecule has 0 aliphatic carbocycles. The van der Waals surface area contributed by atoms with Crippen molar-refractivity contribution in [3.63, 3.8) is 0 Å². The second kappa shape index (κ2) is 6.30. The number of aliphatic hydroxyl groups excluding tert-OH is 1. The van der Waals surface area contributed by atoms with Gasteiger partial charge in [0.05, 0.1) is 15.6 Å². The molecule has 0 bridgehead atoms. The van der Waals surface area contributed by atoms with E-state index in [1.165, 1.54) is 17.5 Å². The molecular formula is C13H14ClN3O2S. The standard InChI is InChI=1S/C13H14ClN3O2S/c1-7-9(5-15-8(2)17-7)13(19)16-6-10(18)11-3-4-12(14)20-11/h3-5,10,18H,6H2,1-2H3,(H,16,19). The zero-order chi connectivity index (χ0) is 14.7. The van der Waals surface area contributed by atoms with Crippen molar-refractivity contribution in [2.75, 3.05) is 6.54 Å².